The molecule has 4 N–H and O–H groups in total. The van der Waals surface area contributed by atoms with E-state index >= 15 is 0 Å². The van der Waals surface area contributed by atoms with Crippen molar-refractivity contribution in [2.24, 2.45) is 10.8 Å². The van der Waals surface area contributed by atoms with E-state index in [-0.39, 0.29) is 49.1 Å². The summed E-state index contributed by atoms with van der Waals surface area (Å²) < 4.78 is 1.81. The minimum absolute atomic E-state index is 0.00685. The van der Waals surface area contributed by atoms with Gasteiger partial charge in [0.1, 0.15) is 12.1 Å². The lowest BCUT2D eigenvalue weighted by molar-refractivity contribution is -0.144. The first-order valence-corrected chi connectivity index (χ1v) is 23.3. The molecule has 3 atom stereocenters. The van der Waals surface area contributed by atoms with Crippen LogP contribution in [-0.4, -0.2) is 97.8 Å². The van der Waals surface area contributed by atoms with Crippen LogP contribution in [0, 0.1) is 17.8 Å². The second-order valence-corrected chi connectivity index (χ2v) is 19.7. The van der Waals surface area contributed by atoms with E-state index in [2.05, 4.69) is 48.0 Å². The lowest BCUT2D eigenvalue weighted by Crippen LogP contribution is -2.57. The van der Waals surface area contributed by atoms with Gasteiger partial charge in [0, 0.05) is 81.8 Å². The number of β-amino-alcohol motifs (C(OH)–C–C–N with tert-alkyl or cyclic N) is 1. The van der Waals surface area contributed by atoms with Gasteiger partial charge in [-0.1, -0.05) is 80.9 Å². The topological polar surface area (TPSA) is 175 Å². The number of aryl methyl sites for hydroxylation is 2. The number of anilines is 1. The van der Waals surface area contributed by atoms with Crippen LogP contribution in [0.25, 0.3) is 32.7 Å². The number of carbonyl (C=O) groups is 4. The van der Waals surface area contributed by atoms with Gasteiger partial charge in [0.05, 0.1) is 44.5 Å². The molecular weight excluding hydrogens is 850 g/mol. The number of halogens is 1. The van der Waals surface area contributed by atoms with Crippen molar-refractivity contribution >= 4 is 52.3 Å². The number of piperidine rings is 1. The summed E-state index contributed by atoms with van der Waals surface area (Å²) in [5, 5.41) is 24.7. The SMILES string of the molecule is Cc1ncsc1-c1ccc(CNC(=O)C2C[C@@H](O)CN2C(=O)[C@@H](NC(=O)CCCn2cc(-c3ccc(-c4cncc(Cl)c4N4CCC5(CCNC5=O)CC4)cc3)cn2)C(C)(C)C)cc1. The highest BCUT2D eigenvalue weighted by Gasteiger charge is 2.46. The summed E-state index contributed by atoms with van der Waals surface area (Å²) in [5.74, 6) is -0.855. The molecule has 0 aliphatic carbocycles. The van der Waals surface area contributed by atoms with Crippen LogP contribution in [0.15, 0.2) is 78.8 Å². The first-order chi connectivity index (χ1) is 30.7. The van der Waals surface area contributed by atoms with Gasteiger partial charge in [0.2, 0.25) is 23.6 Å². The summed E-state index contributed by atoms with van der Waals surface area (Å²) in [7, 11) is 0. The molecule has 0 saturated carbocycles. The van der Waals surface area contributed by atoms with Gasteiger partial charge >= 0.3 is 0 Å². The van der Waals surface area contributed by atoms with Gasteiger partial charge in [-0.25, -0.2) is 4.98 Å². The monoisotopic (exact) mass is 905 g/mol. The molecular formula is C48H56ClN9O5S. The number of aliphatic hydroxyl groups is 1. The van der Waals surface area contributed by atoms with Crippen LogP contribution in [-0.2, 0) is 32.3 Å². The fourth-order valence-electron chi connectivity index (χ4n) is 9.20. The van der Waals surface area contributed by atoms with E-state index in [0.717, 1.165) is 88.5 Å². The first-order valence-electron chi connectivity index (χ1n) is 22.0. The Morgan fingerprint density at radius 3 is 2.38 bits per heavy atom. The Hall–Kier alpha value is -5.64. The number of aliphatic hydroxyl groups excluding tert-OH is 1. The van der Waals surface area contributed by atoms with Gasteiger partial charge in [0.15, 0.2) is 0 Å². The Bertz CT molecular complexity index is 2490. The molecule has 16 heteroatoms. The number of nitrogens with zero attached hydrogens (tertiary/aromatic N) is 6. The second kappa shape index (κ2) is 18.8. The highest BCUT2D eigenvalue weighted by atomic mass is 35.5. The van der Waals surface area contributed by atoms with Crippen molar-refractivity contribution in [2.45, 2.75) is 97.5 Å². The highest BCUT2D eigenvalue weighted by molar-refractivity contribution is 7.13. The van der Waals surface area contributed by atoms with Crippen LogP contribution in [0.2, 0.25) is 5.02 Å². The molecule has 2 aromatic carbocycles. The second-order valence-electron chi connectivity index (χ2n) is 18.4. The van der Waals surface area contributed by atoms with E-state index in [1.54, 1.807) is 28.4 Å². The fourth-order valence-corrected chi connectivity index (χ4v) is 10.3. The van der Waals surface area contributed by atoms with E-state index in [0.29, 0.717) is 18.0 Å². The third-order valence-corrected chi connectivity index (χ3v) is 14.2. The predicted molar refractivity (Wildman–Crippen MR) is 248 cm³/mol. The Labute approximate surface area is 382 Å². The molecule has 0 radical (unpaired) electrons. The maximum Gasteiger partial charge on any atom is 0.246 e. The first kappa shape index (κ1) is 44.9. The Morgan fingerprint density at radius 2 is 1.70 bits per heavy atom. The van der Waals surface area contributed by atoms with Gasteiger partial charge < -0.3 is 30.9 Å². The maximum absolute atomic E-state index is 14.1. The zero-order chi connectivity index (χ0) is 45.2. The van der Waals surface area contributed by atoms with E-state index in [9.17, 15) is 24.3 Å². The molecule has 1 unspecified atom stereocenters. The molecule has 14 nitrogen and oxygen atoms in total. The summed E-state index contributed by atoms with van der Waals surface area (Å²) in [6.45, 7) is 10.6. The third kappa shape index (κ3) is 9.71. The molecule has 6 heterocycles. The number of likely N-dealkylation sites (tertiary alicyclic amines) is 1. The number of amides is 4. The van der Waals surface area contributed by atoms with Crippen molar-refractivity contribution in [3.63, 3.8) is 0 Å². The average Bonchev–Trinajstić information content (AvgIpc) is 4.10. The maximum atomic E-state index is 14.1. The van der Waals surface area contributed by atoms with Crippen molar-refractivity contribution in [3.8, 4) is 32.7 Å². The minimum Gasteiger partial charge on any atom is -0.391 e. The summed E-state index contributed by atoms with van der Waals surface area (Å²) in [6.07, 6.45) is 9.65. The zero-order valence-electron chi connectivity index (χ0n) is 36.8. The number of hydrogen-bond acceptors (Lipinski definition) is 10. The molecule has 3 fully saturated rings. The van der Waals surface area contributed by atoms with Gasteiger partial charge in [-0.05, 0) is 60.3 Å². The normalized spacial score (nSPS) is 18.9. The predicted octanol–water partition coefficient (Wildman–Crippen LogP) is 6.39. The summed E-state index contributed by atoms with van der Waals surface area (Å²) >= 11 is 8.35. The molecule has 3 aromatic heterocycles. The van der Waals surface area contributed by atoms with Gasteiger partial charge in [0.25, 0.3) is 0 Å². The van der Waals surface area contributed by atoms with Crippen molar-refractivity contribution in [1.29, 1.82) is 0 Å². The van der Waals surface area contributed by atoms with E-state index in [1.807, 2.05) is 82.0 Å². The zero-order valence-corrected chi connectivity index (χ0v) is 38.3. The van der Waals surface area contributed by atoms with Crippen molar-refractivity contribution in [3.05, 3.63) is 95.1 Å². The van der Waals surface area contributed by atoms with E-state index in [4.69, 9.17) is 11.6 Å². The molecule has 64 heavy (non-hydrogen) atoms. The number of nitrogens with one attached hydrogen (secondary N) is 3. The Morgan fingerprint density at radius 1 is 0.984 bits per heavy atom. The fraction of sp³-hybridized carbons (Fsp3) is 0.438. The number of pyridine rings is 1. The standard InChI is InChI=1S/C48H56ClN9O5S/c1-30-42(64-29-53-30)34-9-7-31(8-10-34)23-52-44(61)39-22-36(59)28-58(39)45(62)43(47(2,3)4)55-40(60)6-5-19-57-27-35(24-54-57)32-11-13-33(14-12-32)37-25-50-26-38(49)41(37)56-20-16-48(17-21-56)15-18-51-46(48)63/h7-14,24-27,29,36,39,43,59H,5-6,15-23,28H2,1-4H3,(H,51,63)(H,52,61)(H,55,60)/t36-,39?,43-/m1/s1. The minimum atomic E-state index is -0.909. The molecule has 5 aromatic rings. The summed E-state index contributed by atoms with van der Waals surface area (Å²) in [5.41, 5.74) is 8.59. The van der Waals surface area contributed by atoms with Crippen molar-refractivity contribution in [2.75, 3.05) is 31.1 Å². The number of thiazole rings is 1. The van der Waals surface area contributed by atoms with Crippen LogP contribution >= 0.6 is 22.9 Å². The van der Waals surface area contributed by atoms with E-state index in [1.165, 1.54) is 4.90 Å². The van der Waals surface area contributed by atoms with Gasteiger partial charge in [-0.2, -0.15) is 5.10 Å². The van der Waals surface area contributed by atoms with E-state index < -0.39 is 29.5 Å². The summed E-state index contributed by atoms with van der Waals surface area (Å²) in [6, 6.07) is 14.3. The average molecular weight is 907 g/mol. The molecule has 3 aliphatic heterocycles. The lowest BCUT2D eigenvalue weighted by atomic mass is 9.77. The van der Waals surface area contributed by atoms with Crippen LogP contribution < -0.4 is 20.9 Å². The van der Waals surface area contributed by atoms with Crippen LogP contribution in [0.3, 0.4) is 0 Å². The Balaban J connectivity index is 0.838. The molecule has 4 amide bonds. The molecule has 336 valence electrons. The van der Waals surface area contributed by atoms with Crippen LogP contribution in [0.1, 0.15) is 70.6 Å². The molecule has 8 rings (SSSR count). The Kier molecular flexibility index (Phi) is 13.2. The van der Waals surface area contributed by atoms with Crippen molar-refractivity contribution < 1.29 is 24.3 Å². The lowest BCUT2D eigenvalue weighted by Gasteiger charge is -2.39. The smallest absolute Gasteiger partial charge is 0.246 e. The quantitative estimate of drug-likeness (QED) is 0.104. The number of benzene rings is 2. The van der Waals surface area contributed by atoms with Crippen LogP contribution in [0.5, 0.6) is 0 Å². The summed E-state index contributed by atoms with van der Waals surface area (Å²) in [4.78, 5) is 67.1. The molecule has 3 aliphatic rings. The molecule has 3 saturated heterocycles. The van der Waals surface area contributed by atoms with Gasteiger partial charge in [-0.3, -0.25) is 28.8 Å². The third-order valence-electron chi connectivity index (χ3n) is 12.9. The molecule has 1 spiro atoms. The largest absolute Gasteiger partial charge is 0.391 e. The number of carbonyl (C=O) groups excluding carboxylic acids is 4. The number of aromatic nitrogens is 4. The highest BCUT2D eigenvalue weighted by Crippen LogP contribution is 2.43. The molecule has 0 bridgehead atoms. The van der Waals surface area contributed by atoms with Gasteiger partial charge in [-0.15, -0.1) is 11.3 Å². The van der Waals surface area contributed by atoms with Crippen molar-refractivity contribution in [1.82, 2.24) is 40.6 Å². The number of hydrogen-bond donors (Lipinski definition) is 4. The number of rotatable bonds is 13. The van der Waals surface area contributed by atoms with Crippen LogP contribution in [0.4, 0.5) is 5.69 Å².